The maximum atomic E-state index is 13.1. The molecule has 3 heteroatoms. The lowest BCUT2D eigenvalue weighted by Gasteiger charge is -2.00. The maximum Gasteiger partial charge on any atom is 0.330 e. The zero-order chi connectivity index (χ0) is 11.3. The van der Waals surface area contributed by atoms with E-state index in [0.29, 0.717) is 17.7 Å². The number of benzene rings is 1. The molecule has 0 atom stereocenters. The summed E-state index contributed by atoms with van der Waals surface area (Å²) in [5.74, 6) is -0.692. The van der Waals surface area contributed by atoms with Gasteiger partial charge in [-0.1, -0.05) is 12.1 Å². The number of ether oxygens (including phenoxy) is 1. The van der Waals surface area contributed by atoms with Gasteiger partial charge < -0.3 is 4.74 Å². The second-order valence-electron chi connectivity index (χ2n) is 3.04. The molecule has 0 aliphatic rings. The lowest BCUT2D eigenvalue weighted by atomic mass is 10.1. The third-order valence-electron chi connectivity index (χ3n) is 2.00. The summed E-state index contributed by atoms with van der Waals surface area (Å²) in [7, 11) is 0. The van der Waals surface area contributed by atoms with Crippen LogP contribution in [0.1, 0.15) is 18.1 Å². The summed E-state index contributed by atoms with van der Waals surface area (Å²) in [6.45, 7) is 3.74. The van der Waals surface area contributed by atoms with E-state index in [1.165, 1.54) is 12.1 Å². The van der Waals surface area contributed by atoms with Crippen molar-refractivity contribution in [1.82, 2.24) is 0 Å². The van der Waals surface area contributed by atoms with E-state index in [4.69, 9.17) is 4.74 Å². The molecule has 0 fully saturated rings. The van der Waals surface area contributed by atoms with Crippen molar-refractivity contribution in [2.24, 2.45) is 0 Å². The van der Waals surface area contributed by atoms with Crippen molar-refractivity contribution >= 4 is 12.0 Å². The highest BCUT2D eigenvalue weighted by molar-refractivity contribution is 5.87. The summed E-state index contributed by atoms with van der Waals surface area (Å²) in [5.41, 5.74) is 1.21. The number of hydrogen-bond donors (Lipinski definition) is 0. The van der Waals surface area contributed by atoms with Gasteiger partial charge in [0.25, 0.3) is 0 Å². The van der Waals surface area contributed by atoms with E-state index >= 15 is 0 Å². The van der Waals surface area contributed by atoms with Crippen LogP contribution in [0.2, 0.25) is 0 Å². The van der Waals surface area contributed by atoms with Crippen molar-refractivity contribution in [2.45, 2.75) is 13.8 Å². The molecule has 1 aromatic carbocycles. The predicted molar refractivity (Wildman–Crippen MR) is 56.8 cm³/mol. The Morgan fingerprint density at radius 3 is 2.93 bits per heavy atom. The molecule has 1 aromatic rings. The summed E-state index contributed by atoms with van der Waals surface area (Å²) >= 11 is 0. The monoisotopic (exact) mass is 208 g/mol. The minimum atomic E-state index is -0.416. The lowest BCUT2D eigenvalue weighted by Crippen LogP contribution is -1.98. The van der Waals surface area contributed by atoms with Gasteiger partial charge in [-0.05, 0) is 37.1 Å². The molecule has 2 nitrogen and oxygen atoms in total. The lowest BCUT2D eigenvalue weighted by molar-refractivity contribution is -0.137. The topological polar surface area (TPSA) is 26.3 Å². The second kappa shape index (κ2) is 5.29. The molecule has 0 unspecified atom stereocenters. The molecular weight excluding hydrogens is 195 g/mol. The number of carbonyl (C=O) groups excluding carboxylic acids is 1. The van der Waals surface area contributed by atoms with Gasteiger partial charge in [-0.3, -0.25) is 0 Å². The fraction of sp³-hybridized carbons (Fsp3) is 0.250. The number of carbonyl (C=O) groups is 1. The van der Waals surface area contributed by atoms with Crippen molar-refractivity contribution in [2.75, 3.05) is 6.61 Å². The molecule has 15 heavy (non-hydrogen) atoms. The van der Waals surface area contributed by atoms with Gasteiger partial charge in [0, 0.05) is 6.08 Å². The first kappa shape index (κ1) is 11.4. The highest BCUT2D eigenvalue weighted by atomic mass is 19.1. The van der Waals surface area contributed by atoms with Gasteiger partial charge in [0.2, 0.25) is 0 Å². The van der Waals surface area contributed by atoms with Gasteiger partial charge in [-0.2, -0.15) is 0 Å². The van der Waals surface area contributed by atoms with Gasteiger partial charge in [-0.25, -0.2) is 9.18 Å². The van der Waals surface area contributed by atoms with E-state index in [1.807, 2.05) is 0 Å². The van der Waals surface area contributed by atoms with Crippen molar-refractivity contribution in [3.63, 3.8) is 0 Å². The highest BCUT2D eigenvalue weighted by Crippen LogP contribution is 2.13. The molecule has 0 amide bonds. The van der Waals surface area contributed by atoms with Crippen LogP contribution in [0.5, 0.6) is 0 Å². The van der Waals surface area contributed by atoms with Crippen LogP contribution in [0.25, 0.3) is 6.08 Å². The number of rotatable bonds is 3. The minimum Gasteiger partial charge on any atom is -0.463 e. The third-order valence-corrected chi connectivity index (χ3v) is 2.00. The molecule has 0 N–H and O–H groups in total. The normalized spacial score (nSPS) is 10.6. The van der Waals surface area contributed by atoms with E-state index < -0.39 is 5.97 Å². The number of halogens is 1. The smallest absolute Gasteiger partial charge is 0.330 e. The summed E-state index contributed by atoms with van der Waals surface area (Å²) in [6, 6.07) is 4.73. The fourth-order valence-corrected chi connectivity index (χ4v) is 1.15. The van der Waals surface area contributed by atoms with Gasteiger partial charge in [-0.15, -0.1) is 0 Å². The van der Waals surface area contributed by atoms with Crippen LogP contribution in [0, 0.1) is 12.7 Å². The first-order chi connectivity index (χ1) is 7.15. The van der Waals surface area contributed by atoms with Gasteiger partial charge in [0.15, 0.2) is 0 Å². The van der Waals surface area contributed by atoms with Crippen LogP contribution in [0.3, 0.4) is 0 Å². The SMILES string of the molecule is CCOC(=O)C=Cc1cccc(F)c1C. The summed E-state index contributed by atoms with van der Waals surface area (Å²) < 4.78 is 17.8. The zero-order valence-electron chi connectivity index (χ0n) is 8.79. The summed E-state index contributed by atoms with van der Waals surface area (Å²) in [6.07, 6.45) is 2.85. The molecule has 1 rings (SSSR count). The highest BCUT2D eigenvalue weighted by Gasteiger charge is 2.00. The first-order valence-electron chi connectivity index (χ1n) is 4.75. The molecule has 0 aliphatic heterocycles. The van der Waals surface area contributed by atoms with E-state index in [9.17, 15) is 9.18 Å². The van der Waals surface area contributed by atoms with Crippen LogP contribution in [-0.4, -0.2) is 12.6 Å². The van der Waals surface area contributed by atoms with Crippen LogP contribution in [0.4, 0.5) is 4.39 Å². The van der Waals surface area contributed by atoms with Gasteiger partial charge in [0.05, 0.1) is 6.61 Å². The Morgan fingerprint density at radius 2 is 2.27 bits per heavy atom. The number of hydrogen-bond acceptors (Lipinski definition) is 2. The molecule has 0 spiro atoms. The van der Waals surface area contributed by atoms with Crippen molar-refractivity contribution in [1.29, 1.82) is 0 Å². The Labute approximate surface area is 88.4 Å². The molecule has 0 bridgehead atoms. The average molecular weight is 208 g/mol. The van der Waals surface area contributed by atoms with Gasteiger partial charge >= 0.3 is 5.97 Å². The minimum absolute atomic E-state index is 0.277. The van der Waals surface area contributed by atoms with E-state index in [0.717, 1.165) is 0 Å². The van der Waals surface area contributed by atoms with E-state index in [2.05, 4.69) is 0 Å². The first-order valence-corrected chi connectivity index (χ1v) is 4.75. The Bertz CT molecular complexity index is 383. The molecule has 0 aromatic heterocycles. The largest absolute Gasteiger partial charge is 0.463 e. The predicted octanol–water partition coefficient (Wildman–Crippen LogP) is 2.71. The molecule has 0 aliphatic carbocycles. The van der Waals surface area contributed by atoms with Crippen LogP contribution >= 0.6 is 0 Å². The summed E-state index contributed by atoms with van der Waals surface area (Å²) in [4.78, 5) is 11.0. The standard InChI is InChI=1S/C12H13FO2/c1-3-15-12(14)8-7-10-5-4-6-11(13)9(10)2/h4-8H,3H2,1-2H3. The Morgan fingerprint density at radius 1 is 1.53 bits per heavy atom. The van der Waals surface area contributed by atoms with Gasteiger partial charge in [0.1, 0.15) is 5.82 Å². The Balaban J connectivity index is 2.81. The van der Waals surface area contributed by atoms with Crippen molar-refractivity contribution < 1.29 is 13.9 Å². The van der Waals surface area contributed by atoms with Crippen LogP contribution in [-0.2, 0) is 9.53 Å². The average Bonchev–Trinajstić information content (AvgIpc) is 2.21. The van der Waals surface area contributed by atoms with Crippen molar-refractivity contribution in [3.8, 4) is 0 Å². The summed E-state index contributed by atoms with van der Waals surface area (Å²) in [5, 5.41) is 0. The fourth-order valence-electron chi connectivity index (χ4n) is 1.15. The van der Waals surface area contributed by atoms with Crippen LogP contribution in [0.15, 0.2) is 24.3 Å². The molecule has 0 heterocycles. The third kappa shape index (κ3) is 3.20. The second-order valence-corrected chi connectivity index (χ2v) is 3.04. The quantitative estimate of drug-likeness (QED) is 0.564. The van der Waals surface area contributed by atoms with Crippen LogP contribution < -0.4 is 0 Å². The zero-order valence-corrected chi connectivity index (χ0v) is 8.79. The van der Waals surface area contributed by atoms with E-state index in [1.54, 1.807) is 32.1 Å². The maximum absolute atomic E-state index is 13.1. The molecule has 0 saturated carbocycles. The molecular formula is C12H13FO2. The molecule has 0 radical (unpaired) electrons. The van der Waals surface area contributed by atoms with E-state index in [-0.39, 0.29) is 5.82 Å². The molecule has 80 valence electrons. The number of esters is 1. The Kier molecular flexibility index (Phi) is 4.03. The Hall–Kier alpha value is -1.64. The van der Waals surface area contributed by atoms with Crippen molar-refractivity contribution in [3.05, 3.63) is 41.2 Å². The molecule has 0 saturated heterocycles.